The number of likely N-dealkylation sites (tertiary alicyclic amines) is 1. The molecule has 0 bridgehead atoms. The number of carboxylic acids is 1. The van der Waals surface area contributed by atoms with Crippen LogP contribution in [0.2, 0.25) is 0 Å². The standard InChI is InChI=1S/C6H8BNO4/c7-6(12)8-2-3(9)1-4(8)5(10)11/h3-4,9H,1-2H2,(H,10,11)/t3-,4-/m0/s1. The molecular formula is C6H8BNO4. The molecule has 0 aromatic carbocycles. The van der Waals surface area contributed by atoms with Crippen LogP contribution in [0.1, 0.15) is 6.42 Å². The molecule has 6 heteroatoms. The van der Waals surface area contributed by atoms with Gasteiger partial charge in [-0.3, -0.25) is 4.79 Å². The van der Waals surface area contributed by atoms with Gasteiger partial charge in [0.05, 0.1) is 6.10 Å². The first-order valence-corrected chi connectivity index (χ1v) is 3.49. The molecule has 0 spiro atoms. The molecule has 2 radical (unpaired) electrons. The maximum absolute atomic E-state index is 10.6. The van der Waals surface area contributed by atoms with Crippen molar-refractivity contribution in [3.8, 4) is 0 Å². The van der Waals surface area contributed by atoms with Crippen molar-refractivity contribution in [3.63, 3.8) is 0 Å². The van der Waals surface area contributed by atoms with E-state index in [4.69, 9.17) is 18.1 Å². The first kappa shape index (κ1) is 9.06. The number of β-amino-alcohol motifs (C(OH)–C–C–N with tert-alkyl or cyclic N) is 1. The molecule has 2 atom stereocenters. The lowest BCUT2D eigenvalue weighted by Crippen LogP contribution is -2.39. The Labute approximate surface area is 70.4 Å². The summed E-state index contributed by atoms with van der Waals surface area (Å²) in [5.74, 6) is -1.94. The third kappa shape index (κ3) is 1.58. The van der Waals surface area contributed by atoms with E-state index in [1.165, 1.54) is 0 Å². The lowest BCUT2D eigenvalue weighted by molar-refractivity contribution is -0.141. The predicted molar refractivity (Wildman–Crippen MR) is 39.9 cm³/mol. The maximum atomic E-state index is 10.6. The Morgan fingerprint density at radius 3 is 2.42 bits per heavy atom. The molecular weight excluding hydrogens is 161 g/mol. The fourth-order valence-corrected chi connectivity index (χ4v) is 1.29. The number of carbonyl (C=O) groups is 2. The van der Waals surface area contributed by atoms with Crippen LogP contribution in [0.4, 0.5) is 4.79 Å². The molecule has 0 unspecified atom stereocenters. The van der Waals surface area contributed by atoms with E-state index >= 15 is 0 Å². The van der Waals surface area contributed by atoms with Gasteiger partial charge in [-0.2, -0.15) is 0 Å². The molecule has 64 valence electrons. The van der Waals surface area contributed by atoms with Crippen LogP contribution in [0.15, 0.2) is 0 Å². The number of aliphatic hydroxyl groups is 1. The highest BCUT2D eigenvalue weighted by atomic mass is 16.4. The summed E-state index contributed by atoms with van der Waals surface area (Å²) in [5.41, 5.74) is 0. The molecule has 1 rings (SSSR count). The Hall–Kier alpha value is -1.04. The second-order valence-corrected chi connectivity index (χ2v) is 2.73. The van der Waals surface area contributed by atoms with Crippen molar-refractivity contribution < 1.29 is 19.8 Å². The van der Waals surface area contributed by atoms with Gasteiger partial charge in [-0.25, -0.2) is 4.79 Å². The third-order valence-electron chi connectivity index (χ3n) is 1.85. The number of carboxylic acid groups (broad SMARTS) is 1. The summed E-state index contributed by atoms with van der Waals surface area (Å²) in [6.45, 7) is 0.00625. The van der Waals surface area contributed by atoms with E-state index in [9.17, 15) is 9.59 Å². The highest BCUT2D eigenvalue weighted by Crippen LogP contribution is 2.17. The van der Waals surface area contributed by atoms with Crippen LogP contribution in [-0.4, -0.2) is 53.4 Å². The van der Waals surface area contributed by atoms with E-state index in [0.717, 1.165) is 4.90 Å². The first-order valence-electron chi connectivity index (χ1n) is 3.49. The van der Waals surface area contributed by atoms with E-state index in [1.54, 1.807) is 0 Å². The fourth-order valence-electron chi connectivity index (χ4n) is 1.29. The topological polar surface area (TPSA) is 77.8 Å². The Balaban J connectivity index is 2.72. The Morgan fingerprint density at radius 1 is 1.50 bits per heavy atom. The van der Waals surface area contributed by atoms with Crippen LogP contribution in [-0.2, 0) is 4.79 Å². The molecule has 2 N–H and O–H groups in total. The highest BCUT2D eigenvalue weighted by Gasteiger charge is 2.36. The minimum Gasteiger partial charge on any atom is -0.480 e. The molecule has 1 aliphatic heterocycles. The smallest absolute Gasteiger partial charge is 0.326 e. The third-order valence-corrected chi connectivity index (χ3v) is 1.85. The van der Waals surface area contributed by atoms with Gasteiger partial charge in [-0.05, 0) is 0 Å². The van der Waals surface area contributed by atoms with Crippen LogP contribution in [0.5, 0.6) is 0 Å². The van der Waals surface area contributed by atoms with Crippen molar-refractivity contribution >= 4 is 19.6 Å². The fraction of sp³-hybridized carbons (Fsp3) is 0.667. The van der Waals surface area contributed by atoms with Gasteiger partial charge in [0.25, 0.3) is 0 Å². The van der Waals surface area contributed by atoms with E-state index in [1.807, 2.05) is 0 Å². The van der Waals surface area contributed by atoms with Crippen molar-refractivity contribution in [1.29, 1.82) is 0 Å². The van der Waals surface area contributed by atoms with E-state index in [-0.39, 0.29) is 13.0 Å². The number of nitrogens with zero attached hydrogens (tertiary/aromatic N) is 1. The Kier molecular flexibility index (Phi) is 2.37. The summed E-state index contributed by atoms with van der Waals surface area (Å²) in [6.07, 6.45) is -0.725. The van der Waals surface area contributed by atoms with Gasteiger partial charge < -0.3 is 15.1 Å². The molecule has 1 aliphatic rings. The van der Waals surface area contributed by atoms with Gasteiger partial charge in [-0.15, -0.1) is 0 Å². The minimum atomic E-state index is -1.13. The van der Waals surface area contributed by atoms with Gasteiger partial charge in [-0.1, -0.05) is 0 Å². The molecule has 0 saturated carbocycles. The van der Waals surface area contributed by atoms with Gasteiger partial charge >= 0.3 is 5.97 Å². The van der Waals surface area contributed by atoms with Crippen molar-refractivity contribution in [1.82, 2.24) is 4.90 Å². The number of carbonyl (C=O) groups excluding carboxylic acids is 1. The zero-order valence-electron chi connectivity index (χ0n) is 6.30. The van der Waals surface area contributed by atoms with Crippen LogP contribution >= 0.6 is 0 Å². The summed E-state index contributed by atoms with van der Waals surface area (Å²) in [7, 11) is 4.90. The number of aliphatic carboxylic acids is 1. The van der Waals surface area contributed by atoms with Crippen molar-refractivity contribution in [3.05, 3.63) is 0 Å². The number of hydrogen-bond donors (Lipinski definition) is 2. The second kappa shape index (κ2) is 3.14. The summed E-state index contributed by atoms with van der Waals surface area (Å²) in [5, 5.41) is 17.6. The lowest BCUT2D eigenvalue weighted by atomic mass is 10.1. The molecule has 1 saturated heterocycles. The molecule has 1 heterocycles. The van der Waals surface area contributed by atoms with E-state index < -0.39 is 23.9 Å². The van der Waals surface area contributed by atoms with Crippen LogP contribution in [0.3, 0.4) is 0 Å². The van der Waals surface area contributed by atoms with Crippen molar-refractivity contribution in [2.75, 3.05) is 6.54 Å². The van der Waals surface area contributed by atoms with Crippen LogP contribution in [0.25, 0.3) is 0 Å². The van der Waals surface area contributed by atoms with Crippen LogP contribution < -0.4 is 0 Å². The minimum absolute atomic E-state index is 0.00625. The first-order chi connectivity index (χ1) is 5.52. The van der Waals surface area contributed by atoms with Gasteiger partial charge in [0.15, 0.2) is 5.81 Å². The molecule has 1 amide bonds. The van der Waals surface area contributed by atoms with E-state index in [0.29, 0.717) is 0 Å². The molecule has 12 heavy (non-hydrogen) atoms. The Bertz CT molecular complexity index is 198. The number of rotatable bonds is 1. The zero-order valence-corrected chi connectivity index (χ0v) is 6.30. The van der Waals surface area contributed by atoms with Crippen LogP contribution in [0, 0.1) is 0 Å². The van der Waals surface area contributed by atoms with Gasteiger partial charge in [0.1, 0.15) is 6.04 Å². The molecule has 0 aliphatic carbocycles. The average molecular weight is 169 g/mol. The Morgan fingerprint density at radius 2 is 2.08 bits per heavy atom. The maximum Gasteiger partial charge on any atom is 0.326 e. The quantitative estimate of drug-likeness (QED) is 0.483. The molecule has 5 nitrogen and oxygen atoms in total. The normalized spacial score (nSPS) is 28.9. The van der Waals surface area contributed by atoms with Gasteiger partial charge in [0.2, 0.25) is 7.85 Å². The summed E-state index contributed by atoms with van der Waals surface area (Å²) in [6, 6.07) is -0.975. The SMILES string of the molecule is [B]C(=O)N1C[C@@H](O)C[C@H]1C(=O)O. The summed E-state index contributed by atoms with van der Waals surface area (Å²) in [4.78, 5) is 22.1. The summed E-state index contributed by atoms with van der Waals surface area (Å²) < 4.78 is 0. The largest absolute Gasteiger partial charge is 0.480 e. The molecule has 0 aromatic rings. The average Bonchev–Trinajstić information content (AvgIpc) is 2.31. The van der Waals surface area contributed by atoms with Gasteiger partial charge in [0, 0.05) is 13.0 Å². The van der Waals surface area contributed by atoms with Crippen molar-refractivity contribution in [2.24, 2.45) is 0 Å². The predicted octanol–water partition coefficient (Wildman–Crippen LogP) is -1.21. The monoisotopic (exact) mass is 169 g/mol. The second-order valence-electron chi connectivity index (χ2n) is 2.73. The molecule has 1 fully saturated rings. The lowest BCUT2D eigenvalue weighted by Gasteiger charge is -2.19. The van der Waals surface area contributed by atoms with E-state index in [2.05, 4.69) is 0 Å². The van der Waals surface area contributed by atoms with Crippen molar-refractivity contribution in [2.45, 2.75) is 18.6 Å². The molecule has 0 aromatic heterocycles. The highest BCUT2D eigenvalue weighted by molar-refractivity contribution is 6.57. The number of hydrogen-bond acceptors (Lipinski definition) is 3. The summed E-state index contributed by atoms with van der Waals surface area (Å²) >= 11 is 0. The zero-order chi connectivity index (χ0) is 9.30. The number of amides is 1. The number of aliphatic hydroxyl groups excluding tert-OH is 1.